The molecule has 88 valence electrons. The van der Waals surface area contributed by atoms with E-state index < -0.39 is 8.32 Å². The van der Waals surface area contributed by atoms with Gasteiger partial charge in [-0.15, -0.1) is 0 Å². The zero-order valence-corrected chi connectivity index (χ0v) is 11.9. The minimum Gasteiger partial charge on any atom is -0.519 e. The minimum atomic E-state index is -1.78. The molecule has 0 saturated heterocycles. The Hall–Kier alpha value is -0.703. The van der Waals surface area contributed by atoms with Crippen molar-refractivity contribution in [1.82, 2.24) is 0 Å². The molecule has 15 heavy (non-hydrogen) atoms. The van der Waals surface area contributed by atoms with Gasteiger partial charge in [0.25, 0.3) is 14.3 Å². The first-order valence-electron chi connectivity index (χ1n) is 5.39. The van der Waals surface area contributed by atoms with Crippen molar-refractivity contribution in [3.8, 4) is 0 Å². The molecule has 0 radical (unpaired) electrons. The SMILES string of the molecule is C=C/C=C(/OCC)O[Si](C)(C)C(C)(C)C. The average molecular weight is 228 g/mol. The minimum absolute atomic E-state index is 0.185. The summed E-state index contributed by atoms with van der Waals surface area (Å²) in [6.45, 7) is 17.2. The van der Waals surface area contributed by atoms with Crippen molar-refractivity contribution in [2.24, 2.45) is 0 Å². The van der Waals surface area contributed by atoms with Crippen LogP contribution in [0.15, 0.2) is 24.7 Å². The van der Waals surface area contributed by atoms with Gasteiger partial charge in [-0.25, -0.2) is 0 Å². The Kier molecular flexibility index (Phi) is 5.15. The molecule has 0 rings (SSSR count). The highest BCUT2D eigenvalue weighted by molar-refractivity contribution is 6.74. The van der Waals surface area contributed by atoms with Crippen LogP contribution in [-0.4, -0.2) is 14.9 Å². The summed E-state index contributed by atoms with van der Waals surface area (Å²) in [6, 6.07) is 0. The predicted octanol–water partition coefficient (Wildman–Crippen LogP) is 4.07. The van der Waals surface area contributed by atoms with Crippen molar-refractivity contribution in [2.45, 2.75) is 45.8 Å². The normalized spacial score (nSPS) is 13.6. The standard InChI is InChI=1S/C12H24O2Si/c1-8-10-11(13-9-2)14-15(6,7)12(3,4)5/h8,10H,1,9H2,2-7H3/b11-10-. The number of allylic oxidation sites excluding steroid dienone is 2. The molecule has 0 aliphatic heterocycles. The van der Waals surface area contributed by atoms with Crippen molar-refractivity contribution < 1.29 is 9.16 Å². The van der Waals surface area contributed by atoms with Crippen LogP contribution in [0.4, 0.5) is 0 Å². The van der Waals surface area contributed by atoms with Crippen LogP contribution in [0.2, 0.25) is 18.1 Å². The van der Waals surface area contributed by atoms with Gasteiger partial charge in [-0.1, -0.05) is 33.4 Å². The molecule has 0 N–H and O–H groups in total. The summed E-state index contributed by atoms with van der Waals surface area (Å²) >= 11 is 0. The summed E-state index contributed by atoms with van der Waals surface area (Å²) in [5.41, 5.74) is 0. The van der Waals surface area contributed by atoms with Crippen LogP contribution in [-0.2, 0) is 9.16 Å². The molecule has 0 amide bonds. The molecule has 0 fully saturated rings. The molecule has 0 bridgehead atoms. The molecule has 0 saturated carbocycles. The largest absolute Gasteiger partial charge is 0.519 e. The maximum atomic E-state index is 5.99. The fourth-order valence-corrected chi connectivity index (χ4v) is 1.69. The van der Waals surface area contributed by atoms with E-state index in [1.165, 1.54) is 0 Å². The van der Waals surface area contributed by atoms with E-state index in [-0.39, 0.29) is 5.04 Å². The second kappa shape index (κ2) is 5.40. The van der Waals surface area contributed by atoms with Crippen molar-refractivity contribution in [3.63, 3.8) is 0 Å². The highest BCUT2D eigenvalue weighted by atomic mass is 28.4. The first kappa shape index (κ1) is 14.3. The van der Waals surface area contributed by atoms with Gasteiger partial charge in [-0.3, -0.25) is 0 Å². The van der Waals surface area contributed by atoms with E-state index >= 15 is 0 Å². The molecule has 0 aliphatic rings. The van der Waals surface area contributed by atoms with Crippen LogP contribution in [0, 0.1) is 0 Å². The molecular weight excluding hydrogens is 204 g/mol. The van der Waals surface area contributed by atoms with Crippen LogP contribution in [0.3, 0.4) is 0 Å². The van der Waals surface area contributed by atoms with E-state index in [0.29, 0.717) is 12.6 Å². The Morgan fingerprint density at radius 2 is 1.87 bits per heavy atom. The third kappa shape index (κ3) is 4.56. The Morgan fingerprint density at radius 3 is 2.20 bits per heavy atom. The Labute approximate surface area is 95.1 Å². The molecule has 3 heteroatoms. The fraction of sp³-hybridized carbons (Fsp3) is 0.667. The maximum absolute atomic E-state index is 5.99. The van der Waals surface area contributed by atoms with Crippen molar-refractivity contribution >= 4 is 8.32 Å². The van der Waals surface area contributed by atoms with E-state index in [1.807, 2.05) is 6.92 Å². The first-order valence-corrected chi connectivity index (χ1v) is 8.30. The molecule has 0 aliphatic carbocycles. The lowest BCUT2D eigenvalue weighted by molar-refractivity contribution is 0.107. The van der Waals surface area contributed by atoms with Gasteiger partial charge >= 0.3 is 0 Å². The average Bonchev–Trinajstić information content (AvgIpc) is 2.02. The van der Waals surface area contributed by atoms with Crippen LogP contribution < -0.4 is 0 Å². The molecule has 0 spiro atoms. The highest BCUT2D eigenvalue weighted by Crippen LogP contribution is 2.37. The summed E-state index contributed by atoms with van der Waals surface area (Å²) in [5.74, 6) is 0.596. The van der Waals surface area contributed by atoms with Gasteiger partial charge in [0.05, 0.1) is 6.61 Å². The molecule has 0 heterocycles. The molecule has 0 aromatic heterocycles. The molecule has 0 unspecified atom stereocenters. The number of hydrogen-bond donors (Lipinski definition) is 0. The zero-order valence-electron chi connectivity index (χ0n) is 10.9. The third-order valence-electron chi connectivity index (χ3n) is 2.70. The van der Waals surface area contributed by atoms with E-state index in [2.05, 4.69) is 40.4 Å². The van der Waals surface area contributed by atoms with Gasteiger partial charge in [0.1, 0.15) is 0 Å². The van der Waals surface area contributed by atoms with Gasteiger partial charge in [0, 0.05) is 6.08 Å². The fourth-order valence-electron chi connectivity index (χ4n) is 0.755. The Bertz CT molecular complexity index is 236. The van der Waals surface area contributed by atoms with Gasteiger partial charge in [-0.05, 0) is 25.1 Å². The van der Waals surface area contributed by atoms with Gasteiger partial charge in [0.15, 0.2) is 0 Å². The summed E-state index contributed by atoms with van der Waals surface area (Å²) in [5, 5.41) is 0.185. The lowest BCUT2D eigenvalue weighted by Gasteiger charge is -2.36. The van der Waals surface area contributed by atoms with Gasteiger partial charge in [0.2, 0.25) is 0 Å². The highest BCUT2D eigenvalue weighted by Gasteiger charge is 2.39. The van der Waals surface area contributed by atoms with Crippen LogP contribution in [0.1, 0.15) is 27.7 Å². The van der Waals surface area contributed by atoms with Gasteiger partial charge < -0.3 is 9.16 Å². The summed E-state index contributed by atoms with van der Waals surface area (Å²) in [6.07, 6.45) is 3.47. The zero-order chi connectivity index (χ0) is 12.1. The Balaban J connectivity index is 4.67. The van der Waals surface area contributed by atoms with Crippen LogP contribution >= 0.6 is 0 Å². The summed E-state index contributed by atoms with van der Waals surface area (Å²) in [7, 11) is -1.78. The van der Waals surface area contributed by atoms with Gasteiger partial charge in [-0.2, -0.15) is 0 Å². The summed E-state index contributed by atoms with van der Waals surface area (Å²) in [4.78, 5) is 0. The lowest BCUT2D eigenvalue weighted by atomic mass is 10.2. The van der Waals surface area contributed by atoms with E-state index in [4.69, 9.17) is 9.16 Å². The molecular formula is C12H24O2Si. The molecule has 0 aromatic carbocycles. The van der Waals surface area contributed by atoms with E-state index in [0.717, 1.165) is 0 Å². The topological polar surface area (TPSA) is 18.5 Å². The van der Waals surface area contributed by atoms with Crippen LogP contribution in [0.25, 0.3) is 0 Å². The number of ether oxygens (including phenoxy) is 1. The van der Waals surface area contributed by atoms with E-state index in [1.54, 1.807) is 12.2 Å². The molecule has 0 aromatic rings. The molecule has 0 atom stereocenters. The first-order chi connectivity index (χ1) is 6.74. The number of hydrogen-bond acceptors (Lipinski definition) is 2. The quantitative estimate of drug-likeness (QED) is 0.401. The van der Waals surface area contributed by atoms with Crippen molar-refractivity contribution in [1.29, 1.82) is 0 Å². The second-order valence-corrected chi connectivity index (χ2v) is 9.74. The monoisotopic (exact) mass is 228 g/mol. The number of rotatable bonds is 5. The lowest BCUT2D eigenvalue weighted by Crippen LogP contribution is -2.40. The second-order valence-electron chi connectivity index (χ2n) is 5.02. The predicted molar refractivity (Wildman–Crippen MR) is 68.2 cm³/mol. The smallest absolute Gasteiger partial charge is 0.265 e. The van der Waals surface area contributed by atoms with E-state index in [9.17, 15) is 0 Å². The van der Waals surface area contributed by atoms with Crippen LogP contribution in [0.5, 0.6) is 0 Å². The Morgan fingerprint density at radius 1 is 1.33 bits per heavy atom. The molecule has 2 nitrogen and oxygen atoms in total. The van der Waals surface area contributed by atoms with Crippen molar-refractivity contribution in [2.75, 3.05) is 6.61 Å². The van der Waals surface area contributed by atoms with Crippen molar-refractivity contribution in [3.05, 3.63) is 24.7 Å². The third-order valence-corrected chi connectivity index (χ3v) is 7.03. The summed E-state index contributed by atoms with van der Waals surface area (Å²) < 4.78 is 11.4. The maximum Gasteiger partial charge on any atom is 0.265 e.